The molecule has 140 valence electrons. The third kappa shape index (κ3) is 4.22. The van der Waals surface area contributed by atoms with Crippen LogP contribution in [-0.4, -0.2) is 21.5 Å². The van der Waals surface area contributed by atoms with Gasteiger partial charge in [0.25, 0.3) is 10.0 Å². The standard InChI is InChI=1S/C17H16Cl2F2N2O2S/c18-11-6-12(19)8-13(7-11)26(24,25)22-16-10-17(15(21)9-14(16)20)23-4-2-1-3-5-23/h6-10,22H,1-5H2. The van der Waals surface area contributed by atoms with Gasteiger partial charge in [-0.1, -0.05) is 23.2 Å². The van der Waals surface area contributed by atoms with E-state index in [-0.39, 0.29) is 26.3 Å². The molecule has 1 aliphatic rings. The molecule has 1 aliphatic heterocycles. The van der Waals surface area contributed by atoms with E-state index in [0.717, 1.165) is 19.3 Å². The second kappa shape index (κ2) is 7.58. The fraction of sp³-hybridized carbons (Fsp3) is 0.294. The van der Waals surface area contributed by atoms with Crippen LogP contribution in [0.1, 0.15) is 19.3 Å². The fourth-order valence-corrected chi connectivity index (χ4v) is 4.66. The van der Waals surface area contributed by atoms with Gasteiger partial charge < -0.3 is 4.90 Å². The Kier molecular flexibility index (Phi) is 5.60. The number of nitrogens with one attached hydrogen (secondary N) is 1. The zero-order valence-electron chi connectivity index (χ0n) is 13.6. The van der Waals surface area contributed by atoms with Gasteiger partial charge in [-0.15, -0.1) is 0 Å². The van der Waals surface area contributed by atoms with Crippen LogP contribution in [0.3, 0.4) is 0 Å². The van der Waals surface area contributed by atoms with Gasteiger partial charge in [0.05, 0.1) is 16.3 Å². The molecular formula is C17H16Cl2F2N2O2S. The molecule has 4 nitrogen and oxygen atoms in total. The summed E-state index contributed by atoms with van der Waals surface area (Å²) in [6, 6.07) is 5.65. The van der Waals surface area contributed by atoms with Crippen LogP contribution < -0.4 is 9.62 Å². The molecule has 2 aromatic carbocycles. The maximum absolute atomic E-state index is 14.2. The minimum atomic E-state index is -4.14. The van der Waals surface area contributed by atoms with Gasteiger partial charge in [0.2, 0.25) is 0 Å². The van der Waals surface area contributed by atoms with Crippen LogP contribution in [0, 0.1) is 11.6 Å². The smallest absolute Gasteiger partial charge is 0.262 e. The number of piperidine rings is 1. The van der Waals surface area contributed by atoms with Crippen LogP contribution in [-0.2, 0) is 10.0 Å². The molecule has 1 heterocycles. The largest absolute Gasteiger partial charge is 0.369 e. The Hall–Kier alpha value is -1.57. The zero-order chi connectivity index (χ0) is 18.9. The molecule has 0 saturated carbocycles. The van der Waals surface area contributed by atoms with Crippen LogP contribution in [0.2, 0.25) is 10.0 Å². The molecule has 26 heavy (non-hydrogen) atoms. The second-order valence-corrected chi connectivity index (χ2v) is 8.60. The molecule has 0 spiro atoms. The van der Waals surface area contributed by atoms with Crippen molar-refractivity contribution in [3.05, 3.63) is 52.0 Å². The number of halogens is 4. The van der Waals surface area contributed by atoms with Crippen LogP contribution in [0.25, 0.3) is 0 Å². The maximum atomic E-state index is 14.2. The molecule has 1 saturated heterocycles. The van der Waals surface area contributed by atoms with Crippen molar-refractivity contribution < 1.29 is 17.2 Å². The summed E-state index contributed by atoms with van der Waals surface area (Å²) in [5.74, 6) is -1.72. The Balaban J connectivity index is 1.95. The summed E-state index contributed by atoms with van der Waals surface area (Å²) in [5.41, 5.74) is -0.156. The predicted octanol–water partition coefficient (Wildman–Crippen LogP) is 5.06. The van der Waals surface area contributed by atoms with E-state index >= 15 is 0 Å². The molecule has 1 N–H and O–H groups in total. The Bertz CT molecular complexity index is 912. The van der Waals surface area contributed by atoms with Gasteiger partial charge in [-0.05, 0) is 43.5 Å². The maximum Gasteiger partial charge on any atom is 0.262 e. The first kappa shape index (κ1) is 19.2. The molecule has 3 rings (SSSR count). The Morgan fingerprint density at radius 1 is 0.885 bits per heavy atom. The minimum Gasteiger partial charge on any atom is -0.369 e. The van der Waals surface area contributed by atoms with Gasteiger partial charge in [0.15, 0.2) is 0 Å². The highest BCUT2D eigenvalue weighted by Crippen LogP contribution is 2.31. The SMILES string of the molecule is O=S(=O)(Nc1cc(N2CCCCC2)c(F)cc1F)c1cc(Cl)cc(Cl)c1. The fourth-order valence-electron chi connectivity index (χ4n) is 2.88. The zero-order valence-corrected chi connectivity index (χ0v) is 15.9. The number of benzene rings is 2. The van der Waals surface area contributed by atoms with E-state index < -0.39 is 21.7 Å². The van der Waals surface area contributed by atoms with Crippen molar-refractivity contribution in [3.8, 4) is 0 Å². The normalized spacial score (nSPS) is 15.2. The van der Waals surface area contributed by atoms with E-state index in [0.29, 0.717) is 19.2 Å². The summed E-state index contributed by atoms with van der Waals surface area (Å²) in [6.07, 6.45) is 2.85. The minimum absolute atomic E-state index is 0.131. The van der Waals surface area contributed by atoms with E-state index in [1.807, 2.05) is 0 Å². The van der Waals surface area contributed by atoms with Gasteiger partial charge in [0.1, 0.15) is 11.6 Å². The van der Waals surface area contributed by atoms with Crippen molar-refractivity contribution in [2.75, 3.05) is 22.7 Å². The summed E-state index contributed by atoms with van der Waals surface area (Å²) < 4.78 is 55.6. The van der Waals surface area contributed by atoms with Crippen molar-refractivity contribution >= 4 is 44.6 Å². The molecule has 1 fully saturated rings. The van der Waals surface area contributed by atoms with E-state index in [9.17, 15) is 17.2 Å². The lowest BCUT2D eigenvalue weighted by Gasteiger charge is -2.29. The first-order valence-corrected chi connectivity index (χ1v) is 10.2. The van der Waals surface area contributed by atoms with E-state index in [1.54, 1.807) is 4.90 Å². The van der Waals surface area contributed by atoms with Crippen molar-refractivity contribution in [2.24, 2.45) is 0 Å². The predicted molar refractivity (Wildman–Crippen MR) is 99.7 cm³/mol. The van der Waals surface area contributed by atoms with Gasteiger partial charge >= 0.3 is 0 Å². The first-order chi connectivity index (χ1) is 12.3. The summed E-state index contributed by atoms with van der Waals surface area (Å²) in [5, 5.41) is 0.262. The number of nitrogens with zero attached hydrogens (tertiary/aromatic N) is 1. The number of sulfonamides is 1. The molecule has 0 amide bonds. The lowest BCUT2D eigenvalue weighted by molar-refractivity contribution is 0.548. The number of hydrogen-bond donors (Lipinski definition) is 1. The lowest BCUT2D eigenvalue weighted by atomic mass is 10.1. The summed E-state index contributed by atoms with van der Waals surface area (Å²) in [4.78, 5) is 1.57. The molecule has 0 atom stereocenters. The van der Waals surface area contributed by atoms with Crippen LogP contribution in [0.5, 0.6) is 0 Å². The summed E-state index contributed by atoms with van der Waals surface area (Å²) >= 11 is 11.7. The van der Waals surface area contributed by atoms with Gasteiger partial charge in [-0.25, -0.2) is 17.2 Å². The van der Waals surface area contributed by atoms with Crippen LogP contribution in [0.4, 0.5) is 20.2 Å². The highest BCUT2D eigenvalue weighted by atomic mass is 35.5. The summed E-state index contributed by atoms with van der Waals surface area (Å²) in [6.45, 7) is 1.28. The Morgan fingerprint density at radius 3 is 2.12 bits per heavy atom. The quantitative estimate of drug-likeness (QED) is 0.751. The van der Waals surface area contributed by atoms with Crippen molar-refractivity contribution in [3.63, 3.8) is 0 Å². The molecule has 2 aromatic rings. The first-order valence-electron chi connectivity index (χ1n) is 7.99. The van der Waals surface area contributed by atoms with Gasteiger partial charge in [-0.2, -0.15) is 0 Å². The van der Waals surface area contributed by atoms with E-state index in [4.69, 9.17) is 23.2 Å². The number of anilines is 2. The van der Waals surface area contributed by atoms with Crippen LogP contribution >= 0.6 is 23.2 Å². The summed E-state index contributed by atoms with van der Waals surface area (Å²) in [7, 11) is -4.14. The lowest BCUT2D eigenvalue weighted by Crippen LogP contribution is -2.30. The monoisotopic (exact) mass is 420 g/mol. The van der Waals surface area contributed by atoms with Crippen molar-refractivity contribution in [2.45, 2.75) is 24.2 Å². The number of rotatable bonds is 4. The average Bonchev–Trinajstić information content (AvgIpc) is 2.57. The third-order valence-corrected chi connectivity index (χ3v) is 5.91. The molecule has 0 unspecified atom stereocenters. The topological polar surface area (TPSA) is 49.4 Å². The Morgan fingerprint density at radius 2 is 1.50 bits per heavy atom. The van der Waals surface area contributed by atoms with Gasteiger partial charge in [-0.3, -0.25) is 4.72 Å². The van der Waals surface area contributed by atoms with E-state index in [1.165, 1.54) is 24.3 Å². The van der Waals surface area contributed by atoms with E-state index in [2.05, 4.69) is 4.72 Å². The highest BCUT2D eigenvalue weighted by Gasteiger charge is 2.22. The molecular weight excluding hydrogens is 405 g/mol. The molecule has 0 radical (unpaired) electrons. The molecule has 0 aromatic heterocycles. The highest BCUT2D eigenvalue weighted by molar-refractivity contribution is 7.92. The average molecular weight is 421 g/mol. The third-order valence-electron chi connectivity index (χ3n) is 4.12. The molecule has 0 aliphatic carbocycles. The van der Waals surface area contributed by atoms with Crippen molar-refractivity contribution in [1.82, 2.24) is 0 Å². The second-order valence-electron chi connectivity index (χ2n) is 6.04. The molecule has 9 heteroatoms. The number of hydrogen-bond acceptors (Lipinski definition) is 3. The van der Waals surface area contributed by atoms with Gasteiger partial charge in [0, 0.05) is 29.2 Å². The van der Waals surface area contributed by atoms with Crippen molar-refractivity contribution in [1.29, 1.82) is 0 Å². The molecule has 0 bridgehead atoms. The Labute approximate surface area is 160 Å². The van der Waals surface area contributed by atoms with Crippen LogP contribution in [0.15, 0.2) is 35.2 Å².